The molecule has 0 aliphatic carbocycles. The number of rotatable bonds is 7. The number of halogens is 1. The summed E-state index contributed by atoms with van der Waals surface area (Å²) in [7, 11) is 0. The molecular formula is C15H24BrN. The van der Waals surface area contributed by atoms with Gasteiger partial charge in [-0.3, -0.25) is 0 Å². The van der Waals surface area contributed by atoms with Gasteiger partial charge < -0.3 is 5.32 Å². The zero-order valence-electron chi connectivity index (χ0n) is 11.2. The Hall–Kier alpha value is -0.340. The Morgan fingerprint density at radius 2 is 1.88 bits per heavy atom. The van der Waals surface area contributed by atoms with Gasteiger partial charge in [-0.05, 0) is 49.4 Å². The van der Waals surface area contributed by atoms with E-state index in [1.165, 1.54) is 22.9 Å². The largest absolute Gasteiger partial charge is 0.317 e. The molecule has 0 saturated carbocycles. The summed E-state index contributed by atoms with van der Waals surface area (Å²) < 4.78 is 1.23. The molecule has 1 aromatic rings. The Morgan fingerprint density at radius 3 is 2.53 bits per heavy atom. The number of nitrogens with one attached hydrogen (secondary N) is 1. The second-order valence-electron chi connectivity index (χ2n) is 5.43. The van der Waals surface area contributed by atoms with E-state index >= 15 is 0 Å². The van der Waals surface area contributed by atoms with E-state index in [1.54, 1.807) is 0 Å². The number of hydrogen-bond donors (Lipinski definition) is 1. The summed E-state index contributed by atoms with van der Waals surface area (Å²) in [6, 6.07) is 8.53. The van der Waals surface area contributed by atoms with Crippen molar-refractivity contribution >= 4 is 15.9 Å². The molecule has 0 saturated heterocycles. The average Bonchev–Trinajstić information content (AvgIpc) is 2.28. The van der Waals surface area contributed by atoms with Crippen LogP contribution in [-0.4, -0.2) is 13.1 Å². The van der Waals surface area contributed by atoms with Crippen molar-refractivity contribution < 1.29 is 0 Å². The fourth-order valence-electron chi connectivity index (χ4n) is 1.97. The number of benzene rings is 1. The average molecular weight is 298 g/mol. The van der Waals surface area contributed by atoms with Crippen LogP contribution in [0, 0.1) is 5.41 Å². The van der Waals surface area contributed by atoms with Gasteiger partial charge in [0, 0.05) is 4.47 Å². The molecule has 0 unspecified atom stereocenters. The first-order valence-electron chi connectivity index (χ1n) is 6.49. The van der Waals surface area contributed by atoms with Crippen LogP contribution < -0.4 is 5.32 Å². The maximum atomic E-state index is 3.63. The van der Waals surface area contributed by atoms with Crippen molar-refractivity contribution in [3.05, 3.63) is 34.3 Å². The van der Waals surface area contributed by atoms with Gasteiger partial charge in [-0.25, -0.2) is 0 Å². The molecule has 0 bridgehead atoms. The molecule has 0 aliphatic rings. The van der Waals surface area contributed by atoms with Gasteiger partial charge in [0.25, 0.3) is 0 Å². The Bertz CT molecular complexity index is 333. The van der Waals surface area contributed by atoms with E-state index in [-0.39, 0.29) is 0 Å². The van der Waals surface area contributed by atoms with Gasteiger partial charge in [0.05, 0.1) is 0 Å². The highest BCUT2D eigenvalue weighted by Gasteiger charge is 2.18. The lowest BCUT2D eigenvalue weighted by Gasteiger charge is -2.25. The summed E-state index contributed by atoms with van der Waals surface area (Å²) in [6.07, 6.45) is 3.56. The molecule has 0 aliphatic heterocycles. The highest BCUT2D eigenvalue weighted by molar-refractivity contribution is 9.10. The van der Waals surface area contributed by atoms with Gasteiger partial charge in [-0.15, -0.1) is 0 Å². The lowest BCUT2D eigenvalue weighted by atomic mass is 9.82. The molecule has 17 heavy (non-hydrogen) atoms. The fourth-order valence-corrected chi connectivity index (χ4v) is 2.40. The minimum atomic E-state index is 0.352. The topological polar surface area (TPSA) is 12.0 Å². The second-order valence-corrected chi connectivity index (χ2v) is 6.29. The Balaban J connectivity index is 2.46. The summed E-state index contributed by atoms with van der Waals surface area (Å²) in [4.78, 5) is 0. The first kappa shape index (κ1) is 14.7. The molecule has 1 N–H and O–H groups in total. The van der Waals surface area contributed by atoms with E-state index < -0.39 is 0 Å². The van der Waals surface area contributed by atoms with E-state index in [1.807, 2.05) is 0 Å². The molecule has 0 fully saturated rings. The van der Waals surface area contributed by atoms with Crippen LogP contribution in [0.5, 0.6) is 0 Å². The van der Waals surface area contributed by atoms with Crippen molar-refractivity contribution in [3.63, 3.8) is 0 Å². The summed E-state index contributed by atoms with van der Waals surface area (Å²) in [5.74, 6) is 0. The Kier molecular flexibility index (Phi) is 6.21. The summed E-state index contributed by atoms with van der Waals surface area (Å²) in [5, 5.41) is 3.48. The minimum absolute atomic E-state index is 0.352. The molecule has 2 heteroatoms. The van der Waals surface area contributed by atoms with Crippen LogP contribution in [0.4, 0.5) is 0 Å². The lowest BCUT2D eigenvalue weighted by Crippen LogP contribution is -2.24. The Morgan fingerprint density at radius 1 is 1.18 bits per heavy atom. The van der Waals surface area contributed by atoms with Crippen molar-refractivity contribution in [2.45, 2.75) is 40.0 Å². The first-order valence-corrected chi connectivity index (χ1v) is 7.28. The van der Waals surface area contributed by atoms with Crippen molar-refractivity contribution in [1.82, 2.24) is 5.32 Å². The van der Waals surface area contributed by atoms with Gasteiger partial charge in [0.1, 0.15) is 0 Å². The van der Waals surface area contributed by atoms with Crippen LogP contribution in [0.15, 0.2) is 28.7 Å². The van der Waals surface area contributed by atoms with Crippen LogP contribution in [0.2, 0.25) is 0 Å². The third-order valence-electron chi connectivity index (χ3n) is 3.03. The smallest absolute Gasteiger partial charge is 0.0207 e. The molecule has 1 rings (SSSR count). The SMILES string of the molecule is CCCNCCC(C)(C)Cc1ccccc1Br. The predicted octanol–water partition coefficient (Wildman–Crippen LogP) is 4.41. The summed E-state index contributed by atoms with van der Waals surface area (Å²) in [5.41, 5.74) is 1.76. The number of hydrogen-bond acceptors (Lipinski definition) is 1. The zero-order chi connectivity index (χ0) is 12.7. The summed E-state index contributed by atoms with van der Waals surface area (Å²) in [6.45, 7) is 9.15. The first-order chi connectivity index (χ1) is 8.05. The molecular weight excluding hydrogens is 274 g/mol. The van der Waals surface area contributed by atoms with E-state index in [4.69, 9.17) is 0 Å². The van der Waals surface area contributed by atoms with Crippen LogP contribution in [-0.2, 0) is 6.42 Å². The zero-order valence-corrected chi connectivity index (χ0v) is 12.8. The van der Waals surface area contributed by atoms with E-state index in [9.17, 15) is 0 Å². The van der Waals surface area contributed by atoms with E-state index in [0.29, 0.717) is 5.41 Å². The normalized spacial score (nSPS) is 11.8. The fraction of sp³-hybridized carbons (Fsp3) is 0.600. The monoisotopic (exact) mass is 297 g/mol. The molecule has 0 atom stereocenters. The van der Waals surface area contributed by atoms with Crippen LogP contribution in [0.3, 0.4) is 0 Å². The maximum Gasteiger partial charge on any atom is 0.0207 e. The standard InChI is InChI=1S/C15H24BrN/c1-4-10-17-11-9-15(2,3)12-13-7-5-6-8-14(13)16/h5-8,17H,4,9-12H2,1-3H3. The Labute approximate surface area is 114 Å². The minimum Gasteiger partial charge on any atom is -0.317 e. The highest BCUT2D eigenvalue weighted by atomic mass is 79.9. The van der Waals surface area contributed by atoms with Gasteiger partial charge in [-0.1, -0.05) is 54.9 Å². The second kappa shape index (κ2) is 7.17. The van der Waals surface area contributed by atoms with Gasteiger partial charge in [-0.2, -0.15) is 0 Å². The van der Waals surface area contributed by atoms with Gasteiger partial charge in [0.15, 0.2) is 0 Å². The van der Waals surface area contributed by atoms with Crippen molar-refractivity contribution in [1.29, 1.82) is 0 Å². The molecule has 1 aromatic carbocycles. The highest BCUT2D eigenvalue weighted by Crippen LogP contribution is 2.29. The molecule has 0 radical (unpaired) electrons. The van der Waals surface area contributed by atoms with Crippen molar-refractivity contribution in [2.24, 2.45) is 5.41 Å². The third-order valence-corrected chi connectivity index (χ3v) is 3.81. The lowest BCUT2D eigenvalue weighted by molar-refractivity contribution is 0.325. The maximum absolute atomic E-state index is 3.63. The molecule has 0 aromatic heterocycles. The van der Waals surface area contributed by atoms with Crippen molar-refractivity contribution in [3.8, 4) is 0 Å². The van der Waals surface area contributed by atoms with Crippen LogP contribution in [0.25, 0.3) is 0 Å². The van der Waals surface area contributed by atoms with Crippen molar-refractivity contribution in [2.75, 3.05) is 13.1 Å². The molecule has 0 spiro atoms. The summed E-state index contributed by atoms with van der Waals surface area (Å²) >= 11 is 3.63. The van der Waals surface area contributed by atoms with Gasteiger partial charge >= 0.3 is 0 Å². The van der Waals surface area contributed by atoms with Crippen LogP contribution >= 0.6 is 15.9 Å². The molecule has 0 heterocycles. The molecule has 0 amide bonds. The molecule has 96 valence electrons. The van der Waals surface area contributed by atoms with E-state index in [2.05, 4.69) is 66.3 Å². The third kappa shape index (κ3) is 5.69. The van der Waals surface area contributed by atoms with Gasteiger partial charge in [0.2, 0.25) is 0 Å². The quantitative estimate of drug-likeness (QED) is 0.735. The predicted molar refractivity (Wildman–Crippen MR) is 79.4 cm³/mol. The molecule has 1 nitrogen and oxygen atoms in total. The van der Waals surface area contributed by atoms with Crippen LogP contribution in [0.1, 0.15) is 39.2 Å². The van der Waals surface area contributed by atoms with E-state index in [0.717, 1.165) is 19.5 Å².